The van der Waals surface area contributed by atoms with Crippen molar-refractivity contribution in [2.45, 2.75) is 46.6 Å². The van der Waals surface area contributed by atoms with Crippen molar-refractivity contribution in [2.75, 3.05) is 12.4 Å². The lowest BCUT2D eigenvalue weighted by atomic mass is 10.0. The SMILES string of the molecule is COC(=O)c1cc(C)ccc1NC(C)CCC(C)C. The van der Waals surface area contributed by atoms with Gasteiger partial charge in [-0.15, -0.1) is 0 Å². The summed E-state index contributed by atoms with van der Waals surface area (Å²) < 4.78 is 4.83. The number of esters is 1. The normalized spacial score (nSPS) is 12.3. The summed E-state index contributed by atoms with van der Waals surface area (Å²) in [5.41, 5.74) is 2.52. The van der Waals surface area contributed by atoms with E-state index >= 15 is 0 Å². The molecule has 0 radical (unpaired) electrons. The molecule has 0 spiro atoms. The fourth-order valence-electron chi connectivity index (χ4n) is 1.98. The molecule has 0 bridgehead atoms. The molecule has 0 saturated carbocycles. The van der Waals surface area contributed by atoms with Gasteiger partial charge in [0.25, 0.3) is 0 Å². The molecule has 1 N–H and O–H groups in total. The first kappa shape index (κ1) is 15.5. The summed E-state index contributed by atoms with van der Waals surface area (Å²) >= 11 is 0. The van der Waals surface area contributed by atoms with Crippen LogP contribution in [0, 0.1) is 12.8 Å². The van der Waals surface area contributed by atoms with E-state index in [0.717, 1.165) is 17.7 Å². The second-order valence-electron chi connectivity index (χ2n) is 5.56. The predicted molar refractivity (Wildman–Crippen MR) is 79.7 cm³/mol. The number of anilines is 1. The van der Waals surface area contributed by atoms with Crippen molar-refractivity contribution < 1.29 is 9.53 Å². The Morgan fingerprint density at radius 2 is 1.95 bits per heavy atom. The number of nitrogens with one attached hydrogen (secondary N) is 1. The maximum absolute atomic E-state index is 11.8. The second-order valence-corrected chi connectivity index (χ2v) is 5.56. The first-order valence-electron chi connectivity index (χ1n) is 6.89. The molecule has 106 valence electrons. The highest BCUT2D eigenvalue weighted by Gasteiger charge is 2.13. The van der Waals surface area contributed by atoms with Crippen LogP contribution in [-0.2, 0) is 4.74 Å². The molecule has 1 aromatic rings. The van der Waals surface area contributed by atoms with E-state index in [-0.39, 0.29) is 5.97 Å². The van der Waals surface area contributed by atoms with Crippen molar-refractivity contribution in [3.05, 3.63) is 29.3 Å². The monoisotopic (exact) mass is 263 g/mol. The minimum absolute atomic E-state index is 0.290. The van der Waals surface area contributed by atoms with Crippen LogP contribution in [0.1, 0.15) is 49.5 Å². The largest absolute Gasteiger partial charge is 0.465 e. The van der Waals surface area contributed by atoms with Gasteiger partial charge in [-0.2, -0.15) is 0 Å². The Hall–Kier alpha value is -1.51. The van der Waals surface area contributed by atoms with E-state index in [1.54, 1.807) is 0 Å². The van der Waals surface area contributed by atoms with Crippen LogP contribution in [0.4, 0.5) is 5.69 Å². The zero-order valence-electron chi connectivity index (χ0n) is 12.6. The third kappa shape index (κ3) is 4.93. The number of hydrogen-bond acceptors (Lipinski definition) is 3. The van der Waals surface area contributed by atoms with Gasteiger partial charge in [-0.1, -0.05) is 25.5 Å². The third-order valence-electron chi connectivity index (χ3n) is 3.16. The molecule has 0 fully saturated rings. The molecule has 0 heterocycles. The maximum Gasteiger partial charge on any atom is 0.339 e. The van der Waals surface area contributed by atoms with E-state index in [1.807, 2.05) is 25.1 Å². The summed E-state index contributed by atoms with van der Waals surface area (Å²) in [4.78, 5) is 11.8. The topological polar surface area (TPSA) is 38.3 Å². The highest BCUT2D eigenvalue weighted by molar-refractivity contribution is 5.95. The van der Waals surface area contributed by atoms with Crippen LogP contribution in [0.5, 0.6) is 0 Å². The standard InChI is InChI=1S/C16H25NO2/c1-11(2)6-8-13(4)17-15-9-7-12(3)10-14(15)16(18)19-5/h7,9-11,13,17H,6,8H2,1-5H3. The Bertz CT molecular complexity index is 427. The van der Waals surface area contributed by atoms with Crippen LogP contribution in [0.3, 0.4) is 0 Å². The van der Waals surface area contributed by atoms with Gasteiger partial charge in [0.2, 0.25) is 0 Å². The molecule has 1 aromatic carbocycles. The van der Waals surface area contributed by atoms with Gasteiger partial charge in [-0.05, 0) is 44.7 Å². The van der Waals surface area contributed by atoms with Crippen molar-refractivity contribution in [1.29, 1.82) is 0 Å². The molecule has 0 aliphatic carbocycles. The lowest BCUT2D eigenvalue weighted by Crippen LogP contribution is -2.18. The molecule has 3 heteroatoms. The fraction of sp³-hybridized carbons (Fsp3) is 0.562. The van der Waals surface area contributed by atoms with Crippen molar-refractivity contribution in [3.8, 4) is 0 Å². The van der Waals surface area contributed by atoms with E-state index < -0.39 is 0 Å². The molecule has 0 aromatic heterocycles. The van der Waals surface area contributed by atoms with Crippen molar-refractivity contribution in [1.82, 2.24) is 0 Å². The summed E-state index contributed by atoms with van der Waals surface area (Å²) in [6.45, 7) is 8.55. The van der Waals surface area contributed by atoms with E-state index in [4.69, 9.17) is 4.74 Å². The van der Waals surface area contributed by atoms with Gasteiger partial charge in [-0.3, -0.25) is 0 Å². The zero-order chi connectivity index (χ0) is 14.4. The molecule has 0 aliphatic heterocycles. The number of rotatable bonds is 6. The molecule has 3 nitrogen and oxygen atoms in total. The number of benzene rings is 1. The Morgan fingerprint density at radius 3 is 2.53 bits per heavy atom. The number of carbonyl (C=O) groups excluding carboxylic acids is 1. The molecule has 1 atom stereocenters. The van der Waals surface area contributed by atoms with E-state index in [1.165, 1.54) is 13.5 Å². The molecule has 0 amide bonds. The number of methoxy groups -OCH3 is 1. The Balaban J connectivity index is 2.79. The van der Waals surface area contributed by atoms with Gasteiger partial charge < -0.3 is 10.1 Å². The van der Waals surface area contributed by atoms with E-state index in [9.17, 15) is 4.79 Å². The average molecular weight is 263 g/mol. The van der Waals surface area contributed by atoms with Gasteiger partial charge in [0.1, 0.15) is 0 Å². The Morgan fingerprint density at radius 1 is 1.26 bits per heavy atom. The summed E-state index contributed by atoms with van der Waals surface area (Å²) in [5.74, 6) is 0.407. The Kier molecular flexibility index (Phi) is 5.87. The van der Waals surface area contributed by atoms with Crippen LogP contribution >= 0.6 is 0 Å². The molecule has 19 heavy (non-hydrogen) atoms. The number of carbonyl (C=O) groups is 1. The van der Waals surface area contributed by atoms with Crippen LogP contribution in [0.2, 0.25) is 0 Å². The van der Waals surface area contributed by atoms with Crippen LogP contribution < -0.4 is 5.32 Å². The molecule has 0 saturated heterocycles. The lowest BCUT2D eigenvalue weighted by Gasteiger charge is -2.18. The van der Waals surface area contributed by atoms with E-state index in [2.05, 4.69) is 26.1 Å². The molecule has 1 unspecified atom stereocenters. The number of hydrogen-bond donors (Lipinski definition) is 1. The van der Waals surface area contributed by atoms with Crippen molar-refractivity contribution in [2.24, 2.45) is 5.92 Å². The lowest BCUT2D eigenvalue weighted by molar-refractivity contribution is 0.0601. The van der Waals surface area contributed by atoms with Crippen LogP contribution in [0.15, 0.2) is 18.2 Å². The molecular weight excluding hydrogens is 238 g/mol. The highest BCUT2D eigenvalue weighted by Crippen LogP contribution is 2.20. The average Bonchev–Trinajstić information content (AvgIpc) is 2.37. The van der Waals surface area contributed by atoms with Gasteiger partial charge in [0, 0.05) is 11.7 Å². The maximum atomic E-state index is 11.8. The minimum Gasteiger partial charge on any atom is -0.465 e. The molecule has 1 rings (SSSR count). The molecule has 0 aliphatic rings. The first-order chi connectivity index (χ1) is 8.93. The number of ether oxygens (including phenoxy) is 1. The summed E-state index contributed by atoms with van der Waals surface area (Å²) in [6.07, 6.45) is 2.26. The minimum atomic E-state index is -0.290. The quantitative estimate of drug-likeness (QED) is 0.788. The smallest absolute Gasteiger partial charge is 0.339 e. The van der Waals surface area contributed by atoms with Crippen LogP contribution in [-0.4, -0.2) is 19.1 Å². The summed E-state index contributed by atoms with van der Waals surface area (Å²) in [6, 6.07) is 6.16. The van der Waals surface area contributed by atoms with Crippen LogP contribution in [0.25, 0.3) is 0 Å². The molecular formula is C16H25NO2. The number of aryl methyl sites for hydroxylation is 1. The van der Waals surface area contributed by atoms with Gasteiger partial charge in [0.05, 0.1) is 12.7 Å². The van der Waals surface area contributed by atoms with E-state index in [0.29, 0.717) is 17.5 Å². The fourth-order valence-corrected chi connectivity index (χ4v) is 1.98. The summed E-state index contributed by atoms with van der Waals surface area (Å²) in [5, 5.41) is 3.41. The summed E-state index contributed by atoms with van der Waals surface area (Å²) in [7, 11) is 1.41. The highest BCUT2D eigenvalue weighted by atomic mass is 16.5. The third-order valence-corrected chi connectivity index (χ3v) is 3.16. The first-order valence-corrected chi connectivity index (χ1v) is 6.89. The van der Waals surface area contributed by atoms with Gasteiger partial charge >= 0.3 is 5.97 Å². The van der Waals surface area contributed by atoms with Gasteiger partial charge in [0.15, 0.2) is 0 Å². The Labute approximate surface area is 116 Å². The zero-order valence-corrected chi connectivity index (χ0v) is 12.6. The second kappa shape index (κ2) is 7.17. The predicted octanol–water partition coefficient (Wildman–Crippen LogP) is 4.02. The van der Waals surface area contributed by atoms with Crippen molar-refractivity contribution >= 4 is 11.7 Å². The van der Waals surface area contributed by atoms with Crippen molar-refractivity contribution in [3.63, 3.8) is 0 Å². The van der Waals surface area contributed by atoms with Gasteiger partial charge in [-0.25, -0.2) is 4.79 Å².